The number of hydrogen-bond acceptors (Lipinski definition) is 3. The van der Waals surface area contributed by atoms with Crippen molar-refractivity contribution in [3.8, 4) is 0 Å². The molecule has 2 aliphatic rings. The maximum atomic E-state index is 13.9. The fraction of sp³-hybridized carbons (Fsp3) is 0.611. The van der Waals surface area contributed by atoms with Crippen molar-refractivity contribution in [3.63, 3.8) is 0 Å². The smallest absolute Gasteiger partial charge is 0.341 e. The van der Waals surface area contributed by atoms with Gasteiger partial charge in [0.15, 0.2) is 5.41 Å². The van der Waals surface area contributed by atoms with Gasteiger partial charge in [-0.15, -0.1) is 12.4 Å². The summed E-state index contributed by atoms with van der Waals surface area (Å²) in [4.78, 5) is 15.9. The van der Waals surface area contributed by atoms with Crippen LogP contribution in [-0.2, 0) is 11.3 Å². The first kappa shape index (κ1) is 21.0. The van der Waals surface area contributed by atoms with Gasteiger partial charge in [0.05, 0.1) is 0 Å². The number of amides is 1. The van der Waals surface area contributed by atoms with Crippen LogP contribution in [0.2, 0.25) is 0 Å². The summed E-state index contributed by atoms with van der Waals surface area (Å²) < 4.78 is 41.8. The first-order valence-corrected chi connectivity index (χ1v) is 8.64. The van der Waals surface area contributed by atoms with Crippen molar-refractivity contribution in [3.05, 3.63) is 35.9 Å². The second-order valence-electron chi connectivity index (χ2n) is 7.09. The molecule has 0 aromatic heterocycles. The summed E-state index contributed by atoms with van der Waals surface area (Å²) in [5.74, 6) is -0.788. The molecule has 2 aliphatic heterocycles. The Kier molecular flexibility index (Phi) is 6.58. The standard InChI is InChI=1S/C18H24F3N3O.ClH/c1-23(15-7-9-22-11-15)16(25)17(18(19,20)21)8-10-24(13-17)12-14-5-3-2-4-6-14;/h2-6,15,22H,7-13H2,1H3;1H. The highest BCUT2D eigenvalue weighted by molar-refractivity contribution is 5.85. The van der Waals surface area contributed by atoms with Crippen molar-refractivity contribution in [1.82, 2.24) is 15.1 Å². The van der Waals surface area contributed by atoms with Crippen LogP contribution < -0.4 is 5.32 Å². The van der Waals surface area contributed by atoms with E-state index in [1.54, 1.807) is 4.90 Å². The van der Waals surface area contributed by atoms with Gasteiger partial charge in [-0.2, -0.15) is 13.2 Å². The molecule has 0 radical (unpaired) electrons. The largest absolute Gasteiger partial charge is 0.404 e. The normalized spacial score (nSPS) is 26.5. The molecular weight excluding hydrogens is 367 g/mol. The first-order chi connectivity index (χ1) is 11.8. The molecule has 1 amide bonds. The Morgan fingerprint density at radius 1 is 1.35 bits per heavy atom. The van der Waals surface area contributed by atoms with Gasteiger partial charge in [0, 0.05) is 32.7 Å². The lowest BCUT2D eigenvalue weighted by atomic mass is 9.84. The molecule has 3 rings (SSSR count). The monoisotopic (exact) mass is 391 g/mol. The van der Waals surface area contributed by atoms with Crippen LogP contribution in [0.4, 0.5) is 13.2 Å². The van der Waals surface area contributed by atoms with Gasteiger partial charge in [-0.3, -0.25) is 9.69 Å². The van der Waals surface area contributed by atoms with E-state index in [9.17, 15) is 18.0 Å². The summed E-state index contributed by atoms with van der Waals surface area (Å²) in [5, 5.41) is 3.11. The molecule has 2 atom stereocenters. The van der Waals surface area contributed by atoms with Gasteiger partial charge in [-0.1, -0.05) is 30.3 Å². The van der Waals surface area contributed by atoms with E-state index in [-0.39, 0.29) is 38.0 Å². The molecule has 1 aromatic carbocycles. The highest BCUT2D eigenvalue weighted by Gasteiger charge is 2.64. The van der Waals surface area contributed by atoms with Gasteiger partial charge in [-0.05, 0) is 31.5 Å². The molecule has 0 aliphatic carbocycles. The number of nitrogens with one attached hydrogen (secondary N) is 1. The number of benzene rings is 1. The van der Waals surface area contributed by atoms with Crippen LogP contribution in [-0.4, -0.2) is 61.2 Å². The molecule has 0 saturated carbocycles. The molecule has 2 fully saturated rings. The molecule has 1 N–H and O–H groups in total. The van der Waals surface area contributed by atoms with Gasteiger partial charge in [0.25, 0.3) is 0 Å². The third-order valence-corrected chi connectivity index (χ3v) is 5.45. The van der Waals surface area contributed by atoms with E-state index in [0.29, 0.717) is 19.5 Å². The van der Waals surface area contributed by atoms with Crippen molar-refractivity contribution in [2.24, 2.45) is 5.41 Å². The number of rotatable bonds is 4. The summed E-state index contributed by atoms with van der Waals surface area (Å²) in [6.45, 7) is 1.73. The Morgan fingerprint density at radius 2 is 2.04 bits per heavy atom. The molecule has 2 heterocycles. The van der Waals surface area contributed by atoms with E-state index in [0.717, 1.165) is 12.1 Å². The van der Waals surface area contributed by atoms with Crippen molar-refractivity contribution in [2.45, 2.75) is 31.6 Å². The molecule has 26 heavy (non-hydrogen) atoms. The Hall–Kier alpha value is -1.31. The second kappa shape index (κ2) is 8.15. The zero-order valence-electron chi connectivity index (χ0n) is 14.8. The number of likely N-dealkylation sites (N-methyl/N-ethyl adjacent to an activating group) is 1. The van der Waals surface area contributed by atoms with Crippen LogP contribution in [0.5, 0.6) is 0 Å². The quantitative estimate of drug-likeness (QED) is 0.857. The molecule has 146 valence electrons. The number of hydrogen-bond donors (Lipinski definition) is 1. The number of likely N-dealkylation sites (tertiary alicyclic amines) is 1. The van der Waals surface area contributed by atoms with E-state index in [2.05, 4.69) is 5.32 Å². The topological polar surface area (TPSA) is 35.6 Å². The van der Waals surface area contributed by atoms with E-state index >= 15 is 0 Å². The molecule has 0 bridgehead atoms. The summed E-state index contributed by atoms with van der Waals surface area (Å²) in [6.07, 6.45) is -4.02. The maximum absolute atomic E-state index is 13.9. The van der Waals surface area contributed by atoms with Crippen LogP contribution in [0.15, 0.2) is 30.3 Å². The number of carbonyl (C=O) groups excluding carboxylic acids is 1. The zero-order valence-corrected chi connectivity index (χ0v) is 15.6. The minimum atomic E-state index is -4.55. The molecule has 0 spiro atoms. The maximum Gasteiger partial charge on any atom is 0.404 e. The predicted molar refractivity (Wildman–Crippen MR) is 96.1 cm³/mol. The van der Waals surface area contributed by atoms with E-state index in [1.165, 1.54) is 11.9 Å². The highest BCUT2D eigenvalue weighted by atomic mass is 35.5. The molecule has 2 unspecified atom stereocenters. The van der Waals surface area contributed by atoms with Crippen LogP contribution in [0, 0.1) is 5.41 Å². The Balaban J connectivity index is 0.00000243. The average Bonchev–Trinajstić information content (AvgIpc) is 3.24. The Morgan fingerprint density at radius 3 is 2.62 bits per heavy atom. The SMILES string of the molecule is CN(C(=O)C1(C(F)(F)F)CCN(Cc2ccccc2)C1)C1CCNC1.Cl. The second-order valence-corrected chi connectivity index (χ2v) is 7.09. The lowest BCUT2D eigenvalue weighted by molar-refractivity contribution is -0.224. The molecule has 4 nitrogen and oxygen atoms in total. The van der Waals surface area contributed by atoms with Crippen LogP contribution in [0.1, 0.15) is 18.4 Å². The highest BCUT2D eigenvalue weighted by Crippen LogP contribution is 2.47. The van der Waals surface area contributed by atoms with Gasteiger partial charge >= 0.3 is 6.18 Å². The number of alkyl halides is 3. The number of halogens is 4. The van der Waals surface area contributed by atoms with Crippen LogP contribution in [0.25, 0.3) is 0 Å². The minimum Gasteiger partial charge on any atom is -0.341 e. The summed E-state index contributed by atoms with van der Waals surface area (Å²) in [6, 6.07) is 9.25. The summed E-state index contributed by atoms with van der Waals surface area (Å²) in [7, 11) is 1.51. The van der Waals surface area contributed by atoms with E-state index < -0.39 is 17.5 Å². The fourth-order valence-electron chi connectivity index (χ4n) is 3.87. The molecular formula is C18H25ClF3N3O. The fourth-order valence-corrected chi connectivity index (χ4v) is 3.87. The van der Waals surface area contributed by atoms with Crippen molar-refractivity contribution in [1.29, 1.82) is 0 Å². The summed E-state index contributed by atoms with van der Waals surface area (Å²) in [5.41, 5.74) is -1.33. The molecule has 1 aromatic rings. The molecule has 8 heteroatoms. The van der Waals surface area contributed by atoms with Gasteiger partial charge in [0.1, 0.15) is 0 Å². The van der Waals surface area contributed by atoms with E-state index in [4.69, 9.17) is 0 Å². The van der Waals surface area contributed by atoms with Crippen molar-refractivity contribution >= 4 is 18.3 Å². The Bertz CT molecular complexity index is 607. The predicted octanol–water partition coefficient (Wildman–Crippen LogP) is 2.68. The summed E-state index contributed by atoms with van der Waals surface area (Å²) >= 11 is 0. The van der Waals surface area contributed by atoms with Crippen LogP contribution >= 0.6 is 12.4 Å². The number of nitrogens with zero attached hydrogens (tertiary/aromatic N) is 2. The third-order valence-electron chi connectivity index (χ3n) is 5.45. The van der Waals surface area contributed by atoms with Gasteiger partial charge in [0.2, 0.25) is 5.91 Å². The first-order valence-electron chi connectivity index (χ1n) is 8.64. The lowest BCUT2D eigenvalue weighted by Crippen LogP contribution is -2.55. The van der Waals surface area contributed by atoms with Crippen molar-refractivity contribution in [2.75, 3.05) is 33.2 Å². The van der Waals surface area contributed by atoms with Crippen molar-refractivity contribution < 1.29 is 18.0 Å². The minimum absolute atomic E-state index is 0. The average molecular weight is 392 g/mol. The van der Waals surface area contributed by atoms with Gasteiger partial charge < -0.3 is 10.2 Å². The third kappa shape index (κ3) is 4.00. The van der Waals surface area contributed by atoms with E-state index in [1.807, 2.05) is 30.3 Å². The van der Waals surface area contributed by atoms with Crippen LogP contribution in [0.3, 0.4) is 0 Å². The zero-order chi connectivity index (χ0) is 18.1. The molecule has 2 saturated heterocycles. The Labute approximate surface area is 158 Å². The number of carbonyl (C=O) groups is 1. The lowest BCUT2D eigenvalue weighted by Gasteiger charge is -2.36. The van der Waals surface area contributed by atoms with Gasteiger partial charge in [-0.25, -0.2) is 0 Å².